The summed E-state index contributed by atoms with van der Waals surface area (Å²) in [7, 11) is 0. The highest BCUT2D eigenvalue weighted by atomic mass is 16.3. The van der Waals surface area contributed by atoms with Crippen LogP contribution in [0.2, 0.25) is 0 Å². The maximum atomic E-state index is 10.6. The normalized spacial score (nSPS) is 30.9. The van der Waals surface area contributed by atoms with E-state index in [1.54, 1.807) is 24.3 Å². The first-order valence-electron chi connectivity index (χ1n) is 11.3. The Kier molecular flexibility index (Phi) is 4.31. The summed E-state index contributed by atoms with van der Waals surface area (Å²) in [5.41, 5.74) is 2.81. The Hall–Kier alpha value is -2.36. The quantitative estimate of drug-likeness (QED) is 0.441. The number of hydrogen-bond acceptors (Lipinski definition) is 4. The van der Waals surface area contributed by atoms with Crippen molar-refractivity contribution >= 4 is 0 Å². The van der Waals surface area contributed by atoms with Crippen LogP contribution in [0, 0.1) is 17.3 Å². The van der Waals surface area contributed by atoms with Crippen LogP contribution in [0.15, 0.2) is 24.3 Å². The van der Waals surface area contributed by atoms with Crippen molar-refractivity contribution in [3.05, 3.63) is 46.5 Å². The van der Waals surface area contributed by atoms with Crippen molar-refractivity contribution in [3.63, 3.8) is 0 Å². The van der Waals surface area contributed by atoms with E-state index < -0.39 is 5.41 Å². The minimum atomic E-state index is -0.494. The van der Waals surface area contributed by atoms with Crippen molar-refractivity contribution in [1.29, 1.82) is 0 Å². The Balaban J connectivity index is 2.21. The van der Waals surface area contributed by atoms with Gasteiger partial charge in [0.15, 0.2) is 23.0 Å². The van der Waals surface area contributed by atoms with Crippen molar-refractivity contribution < 1.29 is 20.4 Å². The van der Waals surface area contributed by atoms with E-state index in [1.165, 1.54) is 0 Å². The number of phenolic OH excluding ortho intramolecular Hbond substituents is 4. The molecule has 4 heteroatoms. The van der Waals surface area contributed by atoms with Gasteiger partial charge in [-0.1, -0.05) is 55.4 Å². The first-order valence-corrected chi connectivity index (χ1v) is 11.3. The van der Waals surface area contributed by atoms with Crippen LogP contribution in [0.3, 0.4) is 0 Å². The molecule has 31 heavy (non-hydrogen) atoms. The third-order valence-electron chi connectivity index (χ3n) is 9.75. The average molecular weight is 425 g/mol. The van der Waals surface area contributed by atoms with E-state index in [-0.39, 0.29) is 45.2 Å². The van der Waals surface area contributed by atoms with Gasteiger partial charge in [-0.05, 0) is 75.6 Å². The summed E-state index contributed by atoms with van der Waals surface area (Å²) >= 11 is 0. The summed E-state index contributed by atoms with van der Waals surface area (Å²) in [6.45, 7) is 17.9. The van der Waals surface area contributed by atoms with Gasteiger partial charge in [-0.25, -0.2) is 0 Å². The molecule has 0 saturated heterocycles. The van der Waals surface area contributed by atoms with E-state index in [2.05, 4.69) is 55.4 Å². The molecular weight excluding hydrogens is 388 g/mol. The van der Waals surface area contributed by atoms with Crippen molar-refractivity contribution in [2.45, 2.75) is 78.1 Å². The molecule has 0 aliphatic heterocycles. The second kappa shape index (κ2) is 6.11. The van der Waals surface area contributed by atoms with Gasteiger partial charge >= 0.3 is 0 Å². The molecular formula is C27H36O4. The number of benzene rings is 2. The zero-order valence-electron chi connectivity index (χ0n) is 20.0. The zero-order valence-corrected chi connectivity index (χ0v) is 20.0. The highest BCUT2D eigenvalue weighted by molar-refractivity contribution is 5.68. The van der Waals surface area contributed by atoms with Gasteiger partial charge < -0.3 is 20.4 Å². The van der Waals surface area contributed by atoms with Gasteiger partial charge in [-0.3, -0.25) is 0 Å². The number of phenols is 4. The monoisotopic (exact) mass is 424 g/mol. The molecule has 2 aliphatic carbocycles. The third kappa shape index (κ3) is 2.26. The van der Waals surface area contributed by atoms with Crippen LogP contribution >= 0.6 is 0 Å². The molecule has 3 atom stereocenters. The minimum Gasteiger partial charge on any atom is -0.504 e. The fourth-order valence-corrected chi connectivity index (χ4v) is 6.97. The maximum absolute atomic E-state index is 10.6. The van der Waals surface area contributed by atoms with Gasteiger partial charge in [-0.15, -0.1) is 0 Å². The smallest absolute Gasteiger partial charge is 0.157 e. The number of aromatic hydroxyl groups is 4. The predicted molar refractivity (Wildman–Crippen MR) is 123 cm³/mol. The van der Waals surface area contributed by atoms with Gasteiger partial charge in [-0.2, -0.15) is 0 Å². The fourth-order valence-electron chi connectivity index (χ4n) is 6.97. The second-order valence-corrected chi connectivity index (χ2v) is 11.4. The zero-order chi connectivity index (χ0) is 23.3. The van der Waals surface area contributed by atoms with Gasteiger partial charge in [0.25, 0.3) is 0 Å². The first kappa shape index (κ1) is 21.9. The first-order chi connectivity index (χ1) is 14.2. The highest BCUT2D eigenvalue weighted by Gasteiger charge is 2.69. The van der Waals surface area contributed by atoms with Crippen LogP contribution in [0.1, 0.15) is 84.1 Å². The summed E-state index contributed by atoms with van der Waals surface area (Å²) in [6.07, 6.45) is 0.794. The Morgan fingerprint density at radius 3 is 1.42 bits per heavy atom. The lowest BCUT2D eigenvalue weighted by Gasteiger charge is -2.51. The molecule has 2 aromatic carbocycles. The molecule has 3 unspecified atom stereocenters. The van der Waals surface area contributed by atoms with Crippen LogP contribution in [-0.2, 0) is 16.2 Å². The molecule has 168 valence electrons. The van der Waals surface area contributed by atoms with Crippen LogP contribution in [0.4, 0.5) is 0 Å². The minimum absolute atomic E-state index is 0.0983. The molecule has 2 aromatic rings. The molecule has 0 aromatic heterocycles. The van der Waals surface area contributed by atoms with Crippen LogP contribution < -0.4 is 0 Å². The standard InChI is InChI=1S/C27H36O4/c1-14(2)25(7)13-27(18-11-22(30)20(28)9-16(18)25)19-12-23(31)21(29)10-17(19)26(8,15(3)4)24(27,5)6/h9-12,14-15,28-31H,13H2,1-8H3. The van der Waals surface area contributed by atoms with Crippen molar-refractivity contribution in [1.82, 2.24) is 0 Å². The molecule has 0 radical (unpaired) electrons. The van der Waals surface area contributed by atoms with Crippen LogP contribution in [0.25, 0.3) is 0 Å². The van der Waals surface area contributed by atoms with Gasteiger partial charge in [0.2, 0.25) is 0 Å². The van der Waals surface area contributed by atoms with Gasteiger partial charge in [0.1, 0.15) is 0 Å². The molecule has 0 amide bonds. The van der Waals surface area contributed by atoms with E-state index >= 15 is 0 Å². The molecule has 1 spiro atoms. The number of rotatable bonds is 2. The predicted octanol–water partition coefficient (Wildman–Crippen LogP) is 6.07. The van der Waals surface area contributed by atoms with Crippen molar-refractivity contribution in [2.24, 2.45) is 17.3 Å². The SMILES string of the molecule is CC(C)C1(C)CC2(c3cc(O)c(O)cc31)c1cc(O)c(O)cc1C(C)(C(C)C)C2(C)C. The molecule has 0 heterocycles. The molecule has 0 bridgehead atoms. The summed E-state index contributed by atoms with van der Waals surface area (Å²) in [5.74, 6) is 0.125. The molecule has 4 N–H and O–H groups in total. The Morgan fingerprint density at radius 2 is 1.00 bits per heavy atom. The van der Waals surface area contributed by atoms with E-state index in [0.717, 1.165) is 28.7 Å². The molecule has 0 fully saturated rings. The second-order valence-electron chi connectivity index (χ2n) is 11.4. The fraction of sp³-hybridized carbons (Fsp3) is 0.556. The van der Waals surface area contributed by atoms with Crippen LogP contribution in [0.5, 0.6) is 23.0 Å². The highest BCUT2D eigenvalue weighted by Crippen LogP contribution is 2.74. The Labute approximate surface area is 185 Å². The molecule has 2 aliphatic rings. The van der Waals surface area contributed by atoms with Crippen molar-refractivity contribution in [3.8, 4) is 23.0 Å². The molecule has 4 rings (SSSR count). The van der Waals surface area contributed by atoms with Gasteiger partial charge in [0.05, 0.1) is 0 Å². The average Bonchev–Trinajstić information content (AvgIpc) is 3.00. The molecule has 4 nitrogen and oxygen atoms in total. The lowest BCUT2D eigenvalue weighted by molar-refractivity contribution is 0.0637. The van der Waals surface area contributed by atoms with E-state index in [9.17, 15) is 20.4 Å². The van der Waals surface area contributed by atoms with E-state index in [1.807, 2.05) is 0 Å². The number of fused-ring (bicyclic) bond motifs is 4. The van der Waals surface area contributed by atoms with Crippen molar-refractivity contribution in [2.75, 3.05) is 0 Å². The Morgan fingerprint density at radius 1 is 0.613 bits per heavy atom. The summed E-state index contributed by atoms with van der Waals surface area (Å²) in [4.78, 5) is 0. The topological polar surface area (TPSA) is 80.9 Å². The lowest BCUT2D eigenvalue weighted by Crippen LogP contribution is -2.50. The number of hydrogen-bond donors (Lipinski definition) is 4. The lowest BCUT2D eigenvalue weighted by atomic mass is 9.51. The maximum Gasteiger partial charge on any atom is 0.157 e. The summed E-state index contributed by atoms with van der Waals surface area (Å²) < 4.78 is 0. The largest absolute Gasteiger partial charge is 0.504 e. The van der Waals surface area contributed by atoms with E-state index in [4.69, 9.17) is 0 Å². The van der Waals surface area contributed by atoms with Gasteiger partial charge in [0, 0.05) is 10.8 Å². The van der Waals surface area contributed by atoms with Crippen LogP contribution in [-0.4, -0.2) is 20.4 Å². The summed E-state index contributed by atoms with van der Waals surface area (Å²) in [5, 5.41) is 42.0. The third-order valence-corrected chi connectivity index (χ3v) is 9.75. The summed E-state index contributed by atoms with van der Waals surface area (Å²) in [6, 6.07) is 6.95. The molecule has 0 saturated carbocycles. The van der Waals surface area contributed by atoms with E-state index in [0.29, 0.717) is 5.92 Å². The Bertz CT molecular complexity index is 1070.